The lowest BCUT2D eigenvalue weighted by molar-refractivity contribution is 0.209. The maximum Gasteiger partial charge on any atom is 0.409 e. The summed E-state index contributed by atoms with van der Waals surface area (Å²) in [4.78, 5) is 13.1. The third kappa shape index (κ3) is 3.14. The third-order valence-corrected chi connectivity index (χ3v) is 3.81. The average Bonchev–Trinajstić information content (AvgIpc) is 2.40. The number of nitrogen functional groups attached to an aromatic ring is 1. The highest BCUT2D eigenvalue weighted by Gasteiger charge is 2.22. The lowest BCUT2D eigenvalue weighted by atomic mass is 9.88. The minimum Gasteiger partial charge on any atom is -0.495 e. The molecule has 6 nitrogen and oxygen atoms in total. The number of nitrogens with zero attached hydrogens (tertiary/aromatic N) is 1. The molecule has 1 aliphatic heterocycles. The van der Waals surface area contributed by atoms with E-state index in [0.717, 1.165) is 31.5 Å². The summed E-state index contributed by atoms with van der Waals surface area (Å²) in [6, 6.07) is 3.50. The predicted molar refractivity (Wildman–Crippen MR) is 78.5 cm³/mol. The highest BCUT2D eigenvalue weighted by molar-refractivity contribution is 5.86. The Hall–Kier alpha value is -1.95. The Morgan fingerprint density at radius 2 is 2.10 bits per heavy atom. The van der Waals surface area contributed by atoms with Crippen LogP contribution in [0.1, 0.15) is 24.3 Å². The van der Waals surface area contributed by atoms with Crippen molar-refractivity contribution >= 4 is 17.5 Å². The number of carboxylic acid groups (broad SMARTS) is 1. The summed E-state index contributed by atoms with van der Waals surface area (Å²) in [5.41, 5.74) is 8.13. The number of rotatable bonds is 3. The maximum absolute atomic E-state index is 10.8. The number of hydrogen-bond donors (Lipinski definition) is 3. The topological polar surface area (TPSA) is 87.8 Å². The summed E-state index contributed by atoms with van der Waals surface area (Å²) in [7, 11) is 3.64. The van der Waals surface area contributed by atoms with Gasteiger partial charge in [0.25, 0.3) is 0 Å². The van der Waals surface area contributed by atoms with E-state index in [2.05, 4.69) is 17.3 Å². The zero-order valence-corrected chi connectivity index (χ0v) is 11.8. The Kier molecular flexibility index (Phi) is 4.34. The van der Waals surface area contributed by atoms with Crippen LogP contribution >= 0.6 is 0 Å². The number of nitrogens with one attached hydrogen (secondary N) is 1. The molecular weight excluding hydrogens is 258 g/mol. The van der Waals surface area contributed by atoms with E-state index in [1.165, 1.54) is 7.11 Å². The molecule has 1 fully saturated rings. The fourth-order valence-corrected chi connectivity index (χ4v) is 2.67. The molecule has 110 valence electrons. The maximum atomic E-state index is 10.8. The fraction of sp³-hybridized carbons (Fsp3) is 0.500. The number of nitrogens with two attached hydrogens (primary N) is 1. The van der Waals surface area contributed by atoms with Crippen molar-refractivity contribution in [2.45, 2.75) is 18.8 Å². The van der Waals surface area contributed by atoms with Gasteiger partial charge in [0.15, 0.2) is 0 Å². The highest BCUT2D eigenvalue weighted by Crippen LogP contribution is 2.37. The average molecular weight is 279 g/mol. The Morgan fingerprint density at radius 1 is 1.45 bits per heavy atom. The van der Waals surface area contributed by atoms with Crippen LogP contribution in [0.25, 0.3) is 0 Å². The molecule has 1 heterocycles. The van der Waals surface area contributed by atoms with Gasteiger partial charge in [-0.1, -0.05) is 0 Å². The van der Waals surface area contributed by atoms with Crippen LogP contribution in [0.5, 0.6) is 5.75 Å². The number of benzene rings is 1. The Morgan fingerprint density at radius 3 is 2.65 bits per heavy atom. The molecule has 0 unspecified atom stereocenters. The molecular formula is C14H21N3O3. The van der Waals surface area contributed by atoms with Crippen LogP contribution in [-0.2, 0) is 0 Å². The number of anilines is 2. The molecule has 0 radical (unpaired) electrons. The van der Waals surface area contributed by atoms with Crippen LogP contribution in [0.4, 0.5) is 16.2 Å². The summed E-state index contributed by atoms with van der Waals surface area (Å²) >= 11 is 0. The molecule has 2 rings (SSSR count). The van der Waals surface area contributed by atoms with Crippen molar-refractivity contribution in [3.8, 4) is 5.75 Å². The van der Waals surface area contributed by atoms with Gasteiger partial charge in [0.1, 0.15) is 5.75 Å². The van der Waals surface area contributed by atoms with Crippen LogP contribution in [-0.4, -0.2) is 43.3 Å². The van der Waals surface area contributed by atoms with E-state index >= 15 is 0 Å². The van der Waals surface area contributed by atoms with Crippen LogP contribution in [0, 0.1) is 0 Å². The predicted octanol–water partition coefficient (Wildman–Crippen LogP) is 2.18. The van der Waals surface area contributed by atoms with Gasteiger partial charge in [-0.05, 0) is 56.6 Å². The molecule has 0 saturated carbocycles. The van der Waals surface area contributed by atoms with Gasteiger partial charge in [-0.15, -0.1) is 0 Å². The van der Waals surface area contributed by atoms with E-state index in [1.807, 2.05) is 6.07 Å². The first kappa shape index (κ1) is 14.5. The van der Waals surface area contributed by atoms with E-state index in [4.69, 9.17) is 15.6 Å². The van der Waals surface area contributed by atoms with Gasteiger partial charge < -0.3 is 20.5 Å². The summed E-state index contributed by atoms with van der Waals surface area (Å²) in [5, 5.41) is 11.1. The van der Waals surface area contributed by atoms with Crippen molar-refractivity contribution in [1.82, 2.24) is 4.90 Å². The molecule has 6 heteroatoms. The first-order valence-corrected chi connectivity index (χ1v) is 6.67. The molecule has 0 aromatic heterocycles. The monoisotopic (exact) mass is 279 g/mol. The molecule has 1 amide bonds. The van der Waals surface area contributed by atoms with Gasteiger partial charge in [-0.25, -0.2) is 4.79 Å². The highest BCUT2D eigenvalue weighted by atomic mass is 16.5. The zero-order valence-electron chi connectivity index (χ0n) is 11.8. The first-order valence-electron chi connectivity index (χ1n) is 6.67. The molecule has 0 spiro atoms. The molecule has 1 aromatic rings. The lowest BCUT2D eigenvalue weighted by Crippen LogP contribution is -2.29. The Balaban J connectivity index is 2.28. The van der Waals surface area contributed by atoms with Crippen LogP contribution in [0.15, 0.2) is 12.1 Å². The van der Waals surface area contributed by atoms with Gasteiger partial charge in [0, 0.05) is 5.69 Å². The van der Waals surface area contributed by atoms with E-state index in [-0.39, 0.29) is 0 Å². The second-order valence-electron chi connectivity index (χ2n) is 5.19. The number of carbonyl (C=O) groups is 1. The SMILES string of the molecule is COc1cc(C2CCN(C)CC2)c(N)cc1NC(=O)O. The van der Waals surface area contributed by atoms with Crippen LogP contribution < -0.4 is 15.8 Å². The van der Waals surface area contributed by atoms with Crippen LogP contribution in [0.2, 0.25) is 0 Å². The largest absolute Gasteiger partial charge is 0.495 e. The molecule has 1 aromatic carbocycles. The quantitative estimate of drug-likeness (QED) is 0.738. The van der Waals surface area contributed by atoms with Gasteiger partial charge in [-0.2, -0.15) is 0 Å². The second-order valence-corrected chi connectivity index (χ2v) is 5.19. The van der Waals surface area contributed by atoms with Crippen molar-refractivity contribution in [1.29, 1.82) is 0 Å². The standard InChI is InChI=1S/C14H21N3O3/c1-17-5-3-9(4-6-17)10-7-13(20-2)12(8-11(10)15)16-14(18)19/h7-9,16H,3-6,15H2,1-2H3,(H,18,19). The van der Waals surface area contributed by atoms with Gasteiger partial charge in [0.05, 0.1) is 12.8 Å². The van der Waals surface area contributed by atoms with Crippen molar-refractivity contribution < 1.29 is 14.6 Å². The first-order chi connectivity index (χ1) is 9.51. The Labute approximate surface area is 118 Å². The summed E-state index contributed by atoms with van der Waals surface area (Å²) in [6.45, 7) is 2.09. The van der Waals surface area contributed by atoms with E-state index < -0.39 is 6.09 Å². The number of amides is 1. The smallest absolute Gasteiger partial charge is 0.409 e. The second kappa shape index (κ2) is 6.00. The number of methoxy groups -OCH3 is 1. The normalized spacial score (nSPS) is 16.9. The zero-order chi connectivity index (χ0) is 14.7. The summed E-state index contributed by atoms with van der Waals surface area (Å²) in [5.74, 6) is 0.912. The van der Waals surface area contributed by atoms with E-state index in [1.54, 1.807) is 6.07 Å². The van der Waals surface area contributed by atoms with Gasteiger partial charge in [-0.3, -0.25) is 5.32 Å². The summed E-state index contributed by atoms with van der Waals surface area (Å²) < 4.78 is 5.26. The number of hydrogen-bond acceptors (Lipinski definition) is 4. The number of ether oxygens (including phenoxy) is 1. The number of likely N-dealkylation sites (tertiary alicyclic amines) is 1. The van der Waals surface area contributed by atoms with E-state index in [9.17, 15) is 4.79 Å². The lowest BCUT2D eigenvalue weighted by Gasteiger charge is -2.30. The van der Waals surface area contributed by atoms with Crippen LogP contribution in [0.3, 0.4) is 0 Å². The summed E-state index contributed by atoms with van der Waals surface area (Å²) in [6.07, 6.45) is 0.972. The molecule has 4 N–H and O–H groups in total. The van der Waals surface area contributed by atoms with Crippen molar-refractivity contribution in [2.75, 3.05) is 38.3 Å². The van der Waals surface area contributed by atoms with Crippen molar-refractivity contribution in [3.05, 3.63) is 17.7 Å². The van der Waals surface area contributed by atoms with Gasteiger partial charge in [0.2, 0.25) is 0 Å². The minimum absolute atomic E-state index is 0.383. The number of piperidine rings is 1. The molecule has 20 heavy (non-hydrogen) atoms. The molecule has 0 aliphatic carbocycles. The third-order valence-electron chi connectivity index (χ3n) is 3.81. The molecule has 0 atom stereocenters. The molecule has 0 bridgehead atoms. The van der Waals surface area contributed by atoms with Gasteiger partial charge >= 0.3 is 6.09 Å². The Bertz CT molecular complexity index is 497. The molecule has 1 saturated heterocycles. The molecule has 1 aliphatic rings. The van der Waals surface area contributed by atoms with Crippen molar-refractivity contribution in [2.24, 2.45) is 0 Å². The van der Waals surface area contributed by atoms with Crippen molar-refractivity contribution in [3.63, 3.8) is 0 Å². The fourth-order valence-electron chi connectivity index (χ4n) is 2.67. The minimum atomic E-state index is -1.13. The van der Waals surface area contributed by atoms with E-state index in [0.29, 0.717) is 23.0 Å².